The molecule has 0 fully saturated rings. The number of nitrogens with zero attached hydrogens (tertiary/aromatic N) is 1. The van der Waals surface area contributed by atoms with E-state index in [-0.39, 0.29) is 11.8 Å². The molecule has 19 heavy (non-hydrogen) atoms. The number of pyridine rings is 1. The van der Waals surface area contributed by atoms with E-state index < -0.39 is 0 Å². The molecule has 0 saturated heterocycles. The summed E-state index contributed by atoms with van der Waals surface area (Å²) < 4.78 is 6.97. The lowest BCUT2D eigenvalue weighted by molar-refractivity contribution is 0.0528. The molecule has 3 heterocycles. The van der Waals surface area contributed by atoms with Crippen LogP contribution in [-0.2, 0) is 4.74 Å². The van der Waals surface area contributed by atoms with Crippen molar-refractivity contribution in [3.8, 4) is 0 Å². The van der Waals surface area contributed by atoms with Gasteiger partial charge in [0.25, 0.3) is 0 Å². The molecule has 4 nitrogen and oxygen atoms in total. The van der Waals surface area contributed by atoms with Gasteiger partial charge in [-0.2, -0.15) is 0 Å². The van der Waals surface area contributed by atoms with Crippen LogP contribution in [0.25, 0.3) is 16.6 Å². The molecule has 4 heteroatoms. The maximum Gasteiger partial charge on any atom is 0.340 e. The van der Waals surface area contributed by atoms with Crippen molar-refractivity contribution in [3.63, 3.8) is 0 Å². The first kappa shape index (κ1) is 11.7. The Hall–Kier alpha value is -2.36. The van der Waals surface area contributed by atoms with Gasteiger partial charge in [-0.25, -0.2) is 4.79 Å². The molecule has 0 radical (unpaired) electrons. The van der Waals surface area contributed by atoms with E-state index in [1.165, 1.54) is 6.92 Å². The SMILES string of the molecule is CCOC(=O)c1cc2cccc3c(C(C)=O)cc1n23. The van der Waals surface area contributed by atoms with Crippen LogP contribution in [0.15, 0.2) is 30.3 Å². The number of ketones is 1. The Morgan fingerprint density at radius 1 is 1.16 bits per heavy atom. The highest BCUT2D eigenvalue weighted by molar-refractivity contribution is 6.08. The van der Waals surface area contributed by atoms with E-state index in [0.717, 1.165) is 16.6 Å². The second kappa shape index (κ2) is 4.09. The van der Waals surface area contributed by atoms with Gasteiger partial charge in [-0.1, -0.05) is 6.07 Å². The fraction of sp³-hybridized carbons (Fsp3) is 0.200. The van der Waals surface area contributed by atoms with E-state index in [4.69, 9.17) is 4.74 Å². The predicted octanol–water partition coefficient (Wildman–Crippen LogP) is 2.91. The highest BCUT2D eigenvalue weighted by Crippen LogP contribution is 2.28. The van der Waals surface area contributed by atoms with Gasteiger partial charge in [-0.15, -0.1) is 0 Å². The third-order valence-corrected chi connectivity index (χ3v) is 3.26. The van der Waals surface area contributed by atoms with Crippen LogP contribution in [0.2, 0.25) is 0 Å². The second-order valence-corrected chi connectivity index (χ2v) is 4.45. The third-order valence-electron chi connectivity index (χ3n) is 3.26. The Labute approximate surface area is 109 Å². The molecule has 0 amide bonds. The number of carbonyl (C=O) groups excluding carboxylic acids is 2. The smallest absolute Gasteiger partial charge is 0.340 e. The van der Waals surface area contributed by atoms with Crippen LogP contribution in [0.5, 0.6) is 0 Å². The summed E-state index contributed by atoms with van der Waals surface area (Å²) in [5, 5.41) is 0. The van der Waals surface area contributed by atoms with Crippen LogP contribution in [0.4, 0.5) is 0 Å². The van der Waals surface area contributed by atoms with E-state index in [9.17, 15) is 9.59 Å². The summed E-state index contributed by atoms with van der Waals surface area (Å²) in [5.74, 6) is -0.362. The first-order valence-electron chi connectivity index (χ1n) is 6.18. The molecule has 0 saturated carbocycles. The number of Topliss-reactive ketones (excluding diaryl/α,β-unsaturated/α-hetero) is 1. The molecule has 0 aliphatic rings. The fourth-order valence-corrected chi connectivity index (χ4v) is 2.47. The van der Waals surface area contributed by atoms with Crippen molar-refractivity contribution >= 4 is 28.3 Å². The number of hydrogen-bond donors (Lipinski definition) is 0. The summed E-state index contributed by atoms with van der Waals surface area (Å²) in [7, 11) is 0. The van der Waals surface area contributed by atoms with Gasteiger partial charge in [0.2, 0.25) is 0 Å². The molecule has 0 atom stereocenters. The summed E-state index contributed by atoms with van der Waals surface area (Å²) >= 11 is 0. The van der Waals surface area contributed by atoms with Crippen molar-refractivity contribution in [2.45, 2.75) is 13.8 Å². The summed E-state index contributed by atoms with van der Waals surface area (Å²) in [5.41, 5.74) is 3.59. The molecule has 0 aromatic carbocycles. The molecule has 3 aromatic heterocycles. The van der Waals surface area contributed by atoms with Crippen molar-refractivity contribution in [1.29, 1.82) is 0 Å². The van der Waals surface area contributed by atoms with Crippen molar-refractivity contribution in [1.82, 2.24) is 4.40 Å². The molecule has 0 N–H and O–H groups in total. The number of rotatable bonds is 3. The average Bonchev–Trinajstić information content (AvgIpc) is 2.93. The van der Waals surface area contributed by atoms with Gasteiger partial charge >= 0.3 is 5.97 Å². The zero-order valence-electron chi connectivity index (χ0n) is 10.8. The minimum Gasteiger partial charge on any atom is -0.462 e. The van der Waals surface area contributed by atoms with Crippen molar-refractivity contribution < 1.29 is 14.3 Å². The number of aromatic nitrogens is 1. The van der Waals surface area contributed by atoms with Gasteiger partial charge in [-0.3, -0.25) is 4.79 Å². The molecular weight excluding hydrogens is 242 g/mol. The minimum atomic E-state index is -0.354. The van der Waals surface area contributed by atoms with E-state index in [2.05, 4.69) is 0 Å². The molecule has 0 aliphatic heterocycles. The number of hydrogen-bond acceptors (Lipinski definition) is 3. The number of ether oxygens (including phenoxy) is 1. The average molecular weight is 255 g/mol. The van der Waals surface area contributed by atoms with E-state index in [1.54, 1.807) is 19.1 Å². The largest absolute Gasteiger partial charge is 0.462 e. The van der Waals surface area contributed by atoms with Crippen LogP contribution in [0.3, 0.4) is 0 Å². The number of carbonyl (C=O) groups is 2. The van der Waals surface area contributed by atoms with Gasteiger partial charge in [0.15, 0.2) is 5.78 Å². The van der Waals surface area contributed by atoms with E-state index in [0.29, 0.717) is 17.7 Å². The Balaban J connectivity index is 2.34. The molecule has 3 aromatic rings. The summed E-state index contributed by atoms with van der Waals surface area (Å²) in [6.45, 7) is 3.64. The quantitative estimate of drug-likeness (QED) is 0.534. The maximum absolute atomic E-state index is 11.9. The second-order valence-electron chi connectivity index (χ2n) is 4.45. The van der Waals surface area contributed by atoms with Crippen LogP contribution in [-0.4, -0.2) is 22.8 Å². The van der Waals surface area contributed by atoms with Gasteiger partial charge in [0, 0.05) is 11.1 Å². The standard InChI is InChI=1S/C15H13NO3/c1-3-19-15(18)12-7-10-5-4-6-13-11(9(2)17)8-14(12)16(10)13/h4-8H,3H2,1-2H3. The molecule has 3 rings (SSSR count). The van der Waals surface area contributed by atoms with Gasteiger partial charge in [-0.05, 0) is 38.1 Å². The normalized spacial score (nSPS) is 11.3. The minimum absolute atomic E-state index is 0.00833. The van der Waals surface area contributed by atoms with Crippen LogP contribution in [0.1, 0.15) is 34.6 Å². The lowest BCUT2D eigenvalue weighted by Crippen LogP contribution is -2.03. The van der Waals surface area contributed by atoms with Crippen LogP contribution < -0.4 is 0 Å². The summed E-state index contributed by atoms with van der Waals surface area (Å²) in [6.07, 6.45) is 0. The highest BCUT2D eigenvalue weighted by atomic mass is 16.5. The summed E-state index contributed by atoms with van der Waals surface area (Å²) in [4.78, 5) is 23.6. The predicted molar refractivity (Wildman–Crippen MR) is 72.1 cm³/mol. The Bertz CT molecular complexity index is 785. The zero-order chi connectivity index (χ0) is 13.6. The maximum atomic E-state index is 11.9. The van der Waals surface area contributed by atoms with Gasteiger partial charge in [0.05, 0.1) is 23.2 Å². The first-order valence-corrected chi connectivity index (χ1v) is 6.18. The lowest BCUT2D eigenvalue weighted by atomic mass is 10.1. The molecule has 0 unspecified atom stereocenters. The Morgan fingerprint density at radius 2 is 1.95 bits per heavy atom. The number of esters is 1. The van der Waals surface area contributed by atoms with Crippen LogP contribution >= 0.6 is 0 Å². The molecule has 0 aliphatic carbocycles. The van der Waals surface area contributed by atoms with E-state index >= 15 is 0 Å². The molecular formula is C15H13NO3. The first-order chi connectivity index (χ1) is 9.13. The van der Waals surface area contributed by atoms with Crippen molar-refractivity contribution in [3.05, 3.63) is 41.5 Å². The van der Waals surface area contributed by atoms with Crippen molar-refractivity contribution in [2.24, 2.45) is 0 Å². The molecule has 0 spiro atoms. The zero-order valence-corrected chi connectivity index (χ0v) is 10.8. The fourth-order valence-electron chi connectivity index (χ4n) is 2.47. The Morgan fingerprint density at radius 3 is 2.63 bits per heavy atom. The highest BCUT2D eigenvalue weighted by Gasteiger charge is 2.20. The Kier molecular flexibility index (Phi) is 2.52. The molecule has 96 valence electrons. The monoisotopic (exact) mass is 255 g/mol. The summed E-state index contributed by atoms with van der Waals surface area (Å²) in [6, 6.07) is 9.23. The lowest BCUT2D eigenvalue weighted by Gasteiger charge is -1.98. The molecule has 0 bridgehead atoms. The van der Waals surface area contributed by atoms with E-state index in [1.807, 2.05) is 22.6 Å². The third kappa shape index (κ3) is 1.60. The van der Waals surface area contributed by atoms with Crippen LogP contribution in [0, 0.1) is 0 Å². The topological polar surface area (TPSA) is 47.8 Å². The van der Waals surface area contributed by atoms with Gasteiger partial charge < -0.3 is 9.14 Å². The van der Waals surface area contributed by atoms with Crippen molar-refractivity contribution in [2.75, 3.05) is 6.61 Å². The van der Waals surface area contributed by atoms with Gasteiger partial charge in [0.1, 0.15) is 0 Å².